The van der Waals surface area contributed by atoms with Crippen molar-refractivity contribution < 1.29 is 9.45 Å². The molecule has 1 saturated heterocycles. The van der Waals surface area contributed by atoms with Crippen molar-refractivity contribution in [2.24, 2.45) is 0 Å². The Labute approximate surface area is 146 Å². The summed E-state index contributed by atoms with van der Waals surface area (Å²) in [6, 6.07) is 0. The zero-order valence-electron chi connectivity index (χ0n) is 12.9. The van der Waals surface area contributed by atoms with E-state index < -0.39 is 0 Å². The minimum atomic E-state index is -0.389. The van der Waals surface area contributed by atoms with Crippen molar-refractivity contribution >= 4 is 27.3 Å². The van der Waals surface area contributed by atoms with Crippen LogP contribution in [-0.2, 0) is 0 Å². The lowest BCUT2D eigenvalue weighted by Crippen LogP contribution is -2.34. The monoisotopic (exact) mass is 393 g/mol. The van der Waals surface area contributed by atoms with Gasteiger partial charge in [0.15, 0.2) is 5.82 Å². The average Bonchev–Trinajstić information content (AvgIpc) is 3.32. The summed E-state index contributed by atoms with van der Waals surface area (Å²) in [6.45, 7) is 1.42. The zero-order valence-corrected chi connectivity index (χ0v) is 14.5. The normalized spacial score (nSPS) is 18.8. The highest BCUT2D eigenvalue weighted by molar-refractivity contribution is 9.10. The van der Waals surface area contributed by atoms with Crippen molar-refractivity contribution in [3.8, 4) is 0 Å². The van der Waals surface area contributed by atoms with E-state index in [1.54, 1.807) is 6.20 Å². The minimum absolute atomic E-state index is 0.0263. The summed E-state index contributed by atoms with van der Waals surface area (Å²) < 4.78 is 5.99. The molecular formula is C15H16BrN5O3. The number of anilines is 1. The lowest BCUT2D eigenvalue weighted by atomic mass is 9.95. The first-order valence-corrected chi connectivity index (χ1v) is 8.79. The van der Waals surface area contributed by atoms with Gasteiger partial charge in [0.25, 0.3) is 0 Å². The second-order valence-electron chi connectivity index (χ2n) is 6.27. The van der Waals surface area contributed by atoms with E-state index in [9.17, 15) is 10.1 Å². The Hall–Kier alpha value is -2.03. The topological polar surface area (TPSA) is 98.2 Å². The molecule has 2 aliphatic rings. The third-order valence-electron chi connectivity index (χ3n) is 4.61. The molecule has 126 valence electrons. The number of hydrogen-bond acceptors (Lipinski definition) is 7. The lowest BCUT2D eigenvalue weighted by Gasteiger charge is -2.32. The molecule has 0 unspecified atom stereocenters. The quantitative estimate of drug-likeness (QED) is 0.579. The summed E-state index contributed by atoms with van der Waals surface area (Å²) in [7, 11) is 0. The largest absolute Gasteiger partial charge is 0.365 e. The van der Waals surface area contributed by atoms with Gasteiger partial charge in [0.2, 0.25) is 5.89 Å². The molecule has 2 fully saturated rings. The van der Waals surface area contributed by atoms with Crippen LogP contribution in [0.3, 0.4) is 0 Å². The number of hydrogen-bond donors (Lipinski definition) is 0. The highest BCUT2D eigenvalue weighted by Gasteiger charge is 2.33. The van der Waals surface area contributed by atoms with Crippen molar-refractivity contribution in [3.05, 3.63) is 38.7 Å². The molecular weight excluding hydrogens is 378 g/mol. The summed E-state index contributed by atoms with van der Waals surface area (Å²) in [5, 5.41) is 15.4. The van der Waals surface area contributed by atoms with Gasteiger partial charge in [-0.15, -0.1) is 0 Å². The number of nitrogens with zero attached hydrogens (tertiary/aromatic N) is 5. The zero-order chi connectivity index (χ0) is 16.7. The van der Waals surface area contributed by atoms with Crippen molar-refractivity contribution in [1.82, 2.24) is 15.1 Å². The summed E-state index contributed by atoms with van der Waals surface area (Å²) in [5.41, 5.74) is 0.624. The molecule has 0 radical (unpaired) electrons. The summed E-state index contributed by atoms with van der Waals surface area (Å²) in [6.07, 6.45) is 6.85. The molecule has 1 saturated carbocycles. The predicted octanol–water partition coefficient (Wildman–Crippen LogP) is 3.40. The molecule has 8 nitrogen and oxygen atoms in total. The van der Waals surface area contributed by atoms with Crippen molar-refractivity contribution in [1.29, 1.82) is 0 Å². The molecule has 0 atom stereocenters. The SMILES string of the molecule is O=[N+]([O-])c1cncc(Br)c1N1CCC(c2noc(C3CC3)n2)CC1. The third-order valence-corrected chi connectivity index (χ3v) is 5.19. The van der Waals surface area contributed by atoms with Crippen LogP contribution < -0.4 is 4.90 Å². The van der Waals surface area contributed by atoms with E-state index in [0.717, 1.165) is 37.4 Å². The number of piperidine rings is 1. The van der Waals surface area contributed by atoms with E-state index in [2.05, 4.69) is 31.1 Å². The van der Waals surface area contributed by atoms with E-state index in [4.69, 9.17) is 4.52 Å². The molecule has 0 bridgehead atoms. The second-order valence-corrected chi connectivity index (χ2v) is 7.13. The Morgan fingerprint density at radius 3 is 2.62 bits per heavy atom. The fourth-order valence-corrected chi connectivity index (χ4v) is 3.71. The Morgan fingerprint density at radius 1 is 1.21 bits per heavy atom. The van der Waals surface area contributed by atoms with Crippen molar-refractivity contribution in [3.63, 3.8) is 0 Å². The Bertz CT molecular complexity index is 768. The van der Waals surface area contributed by atoms with Crippen molar-refractivity contribution in [2.45, 2.75) is 37.5 Å². The van der Waals surface area contributed by atoms with E-state index in [1.807, 2.05) is 4.90 Å². The van der Waals surface area contributed by atoms with Crippen LogP contribution in [-0.4, -0.2) is 33.1 Å². The molecule has 3 heterocycles. The molecule has 0 N–H and O–H groups in total. The van der Waals surface area contributed by atoms with Gasteiger partial charge in [-0.05, 0) is 41.6 Å². The first kappa shape index (κ1) is 15.5. The summed E-state index contributed by atoms with van der Waals surface area (Å²) >= 11 is 3.39. The fraction of sp³-hybridized carbons (Fsp3) is 0.533. The van der Waals surface area contributed by atoms with E-state index >= 15 is 0 Å². The van der Waals surface area contributed by atoms with Gasteiger partial charge in [0, 0.05) is 31.1 Å². The van der Waals surface area contributed by atoms with Crippen LogP contribution in [0.15, 0.2) is 21.4 Å². The smallest absolute Gasteiger partial charge is 0.311 e. The summed E-state index contributed by atoms with van der Waals surface area (Å²) in [4.78, 5) is 21.3. The van der Waals surface area contributed by atoms with E-state index in [-0.39, 0.29) is 16.5 Å². The Balaban J connectivity index is 1.49. The molecule has 1 aliphatic carbocycles. The maximum Gasteiger partial charge on any atom is 0.311 e. The first-order chi connectivity index (χ1) is 11.6. The van der Waals surface area contributed by atoms with Gasteiger partial charge in [-0.3, -0.25) is 15.1 Å². The van der Waals surface area contributed by atoms with Crippen LogP contribution in [0.2, 0.25) is 0 Å². The number of nitro groups is 1. The van der Waals surface area contributed by atoms with Crippen LogP contribution in [0.4, 0.5) is 11.4 Å². The molecule has 9 heteroatoms. The Kier molecular flexibility index (Phi) is 3.95. The maximum absolute atomic E-state index is 11.3. The predicted molar refractivity (Wildman–Crippen MR) is 89.1 cm³/mol. The van der Waals surface area contributed by atoms with Gasteiger partial charge in [0.05, 0.1) is 9.40 Å². The third kappa shape index (κ3) is 2.88. The van der Waals surface area contributed by atoms with Gasteiger partial charge in [0.1, 0.15) is 11.9 Å². The van der Waals surface area contributed by atoms with Crippen molar-refractivity contribution in [2.75, 3.05) is 18.0 Å². The van der Waals surface area contributed by atoms with Gasteiger partial charge in [-0.2, -0.15) is 4.98 Å². The second kappa shape index (κ2) is 6.12. The molecule has 1 aliphatic heterocycles. The molecule has 2 aromatic rings. The van der Waals surface area contributed by atoms with Gasteiger partial charge >= 0.3 is 5.69 Å². The lowest BCUT2D eigenvalue weighted by molar-refractivity contribution is -0.384. The first-order valence-electron chi connectivity index (χ1n) is 8.00. The number of pyridine rings is 1. The van der Waals surface area contributed by atoms with Crippen LogP contribution in [0, 0.1) is 10.1 Å². The molecule has 24 heavy (non-hydrogen) atoms. The van der Waals surface area contributed by atoms with Gasteiger partial charge in [-0.1, -0.05) is 5.16 Å². The summed E-state index contributed by atoms with van der Waals surface area (Å²) in [5.74, 6) is 2.25. The van der Waals surface area contributed by atoms with Crippen LogP contribution in [0.1, 0.15) is 49.2 Å². The number of aromatic nitrogens is 3. The van der Waals surface area contributed by atoms with E-state index in [0.29, 0.717) is 29.2 Å². The van der Waals surface area contributed by atoms with Crippen LogP contribution in [0.5, 0.6) is 0 Å². The molecule has 0 spiro atoms. The van der Waals surface area contributed by atoms with Gasteiger partial charge in [-0.25, -0.2) is 0 Å². The molecule has 4 rings (SSSR count). The highest BCUT2D eigenvalue weighted by Crippen LogP contribution is 2.41. The highest BCUT2D eigenvalue weighted by atomic mass is 79.9. The molecule has 0 aromatic carbocycles. The van der Waals surface area contributed by atoms with Crippen LogP contribution >= 0.6 is 15.9 Å². The maximum atomic E-state index is 11.3. The van der Waals surface area contributed by atoms with E-state index in [1.165, 1.54) is 6.20 Å². The standard InChI is InChI=1S/C15H16BrN5O3/c16-11-7-17-8-12(21(22)23)13(11)20-5-3-9(4-6-20)14-18-15(24-19-14)10-1-2-10/h7-10H,1-6H2. The fourth-order valence-electron chi connectivity index (χ4n) is 3.14. The minimum Gasteiger partial charge on any atom is -0.365 e. The number of rotatable bonds is 4. The van der Waals surface area contributed by atoms with Gasteiger partial charge < -0.3 is 9.42 Å². The molecule has 2 aromatic heterocycles. The van der Waals surface area contributed by atoms with Crippen LogP contribution in [0.25, 0.3) is 0 Å². The molecule has 0 amide bonds. The average molecular weight is 394 g/mol. The Morgan fingerprint density at radius 2 is 1.96 bits per heavy atom. The number of halogens is 1.